The maximum absolute atomic E-state index is 11.9. The number of aliphatic hydroxyl groups excluding tert-OH is 1. The highest BCUT2D eigenvalue weighted by Crippen LogP contribution is 2.20. The van der Waals surface area contributed by atoms with Crippen molar-refractivity contribution in [3.63, 3.8) is 0 Å². The van der Waals surface area contributed by atoms with Crippen LogP contribution < -0.4 is 10.9 Å². The molecule has 116 valence electrons. The normalized spacial score (nSPS) is 12.1. The summed E-state index contributed by atoms with van der Waals surface area (Å²) in [7, 11) is 0. The van der Waals surface area contributed by atoms with Crippen molar-refractivity contribution in [2.75, 3.05) is 6.54 Å². The maximum Gasteiger partial charge on any atom is 0.349 e. The predicted molar refractivity (Wildman–Crippen MR) is 77.8 cm³/mol. The van der Waals surface area contributed by atoms with Gasteiger partial charge in [0.2, 0.25) is 0 Å². The van der Waals surface area contributed by atoms with Crippen molar-refractivity contribution in [1.82, 2.24) is 5.32 Å². The van der Waals surface area contributed by atoms with Crippen molar-refractivity contribution in [3.05, 3.63) is 50.4 Å². The topological polar surface area (TPSA) is 123 Å². The summed E-state index contributed by atoms with van der Waals surface area (Å²) in [6, 6.07) is 4.97. The number of rotatable bonds is 5. The number of amides is 1. The van der Waals surface area contributed by atoms with Crippen LogP contribution in [0.1, 0.15) is 23.7 Å². The van der Waals surface area contributed by atoms with Crippen LogP contribution in [-0.2, 0) is 0 Å². The molecule has 1 atom stereocenters. The van der Waals surface area contributed by atoms with Gasteiger partial charge in [-0.2, -0.15) is 0 Å². The van der Waals surface area contributed by atoms with Gasteiger partial charge in [-0.05, 0) is 18.6 Å². The lowest BCUT2D eigenvalue weighted by atomic mass is 10.1. The molecule has 1 aromatic heterocycles. The van der Waals surface area contributed by atoms with E-state index in [0.29, 0.717) is 6.42 Å². The van der Waals surface area contributed by atoms with Crippen LogP contribution in [0.15, 0.2) is 33.5 Å². The van der Waals surface area contributed by atoms with Gasteiger partial charge in [0.05, 0.1) is 11.0 Å². The van der Waals surface area contributed by atoms with Gasteiger partial charge in [0.1, 0.15) is 11.1 Å². The summed E-state index contributed by atoms with van der Waals surface area (Å²) in [6.45, 7) is 1.75. The van der Waals surface area contributed by atoms with Gasteiger partial charge in [-0.25, -0.2) is 4.79 Å². The van der Waals surface area contributed by atoms with Crippen LogP contribution in [0.2, 0.25) is 0 Å². The van der Waals surface area contributed by atoms with E-state index in [4.69, 9.17) is 4.42 Å². The SMILES string of the molecule is CC[C@H](O)CNC(=O)c1cc2cc([N+](=O)[O-])ccc2oc1=O. The molecule has 22 heavy (non-hydrogen) atoms. The monoisotopic (exact) mass is 306 g/mol. The van der Waals surface area contributed by atoms with Crippen LogP contribution in [-0.4, -0.2) is 28.6 Å². The number of nitrogens with one attached hydrogen (secondary N) is 1. The average molecular weight is 306 g/mol. The lowest BCUT2D eigenvalue weighted by Crippen LogP contribution is -2.34. The van der Waals surface area contributed by atoms with Crippen molar-refractivity contribution in [3.8, 4) is 0 Å². The van der Waals surface area contributed by atoms with Gasteiger partial charge in [0.25, 0.3) is 11.6 Å². The Morgan fingerprint density at radius 2 is 2.18 bits per heavy atom. The Labute approximate surface area is 124 Å². The number of hydrogen-bond donors (Lipinski definition) is 2. The van der Waals surface area contributed by atoms with E-state index in [9.17, 15) is 24.8 Å². The molecule has 0 bridgehead atoms. The van der Waals surface area contributed by atoms with E-state index in [0.717, 1.165) is 0 Å². The predicted octanol–water partition coefficient (Wildman–Crippen LogP) is 1.20. The molecule has 0 saturated carbocycles. The number of hydrogen-bond acceptors (Lipinski definition) is 6. The molecule has 0 aliphatic carbocycles. The first-order chi connectivity index (χ1) is 10.4. The smallest absolute Gasteiger partial charge is 0.349 e. The van der Waals surface area contributed by atoms with Crippen LogP contribution in [0, 0.1) is 10.1 Å². The van der Waals surface area contributed by atoms with Crippen LogP contribution in [0.4, 0.5) is 5.69 Å². The minimum atomic E-state index is -0.843. The number of nitro benzene ring substituents is 1. The van der Waals surface area contributed by atoms with E-state index in [1.807, 2.05) is 0 Å². The fraction of sp³-hybridized carbons (Fsp3) is 0.286. The molecule has 1 heterocycles. The third-order valence-corrected chi connectivity index (χ3v) is 3.14. The van der Waals surface area contributed by atoms with Crippen molar-refractivity contribution < 1.29 is 19.2 Å². The number of nitrogens with zero attached hydrogens (tertiary/aromatic N) is 1. The molecule has 0 fully saturated rings. The summed E-state index contributed by atoms with van der Waals surface area (Å²) in [4.78, 5) is 33.9. The van der Waals surface area contributed by atoms with Crippen LogP contribution in [0.25, 0.3) is 11.0 Å². The van der Waals surface area contributed by atoms with Gasteiger partial charge >= 0.3 is 5.63 Å². The van der Waals surface area contributed by atoms with Crippen LogP contribution >= 0.6 is 0 Å². The van der Waals surface area contributed by atoms with Gasteiger partial charge in [-0.15, -0.1) is 0 Å². The number of non-ortho nitro benzene ring substituents is 1. The second-order valence-corrected chi connectivity index (χ2v) is 4.70. The van der Waals surface area contributed by atoms with E-state index in [-0.39, 0.29) is 28.8 Å². The highest BCUT2D eigenvalue weighted by molar-refractivity contribution is 5.96. The average Bonchev–Trinajstić information content (AvgIpc) is 2.50. The maximum atomic E-state index is 11.9. The van der Waals surface area contributed by atoms with E-state index in [1.54, 1.807) is 6.92 Å². The van der Waals surface area contributed by atoms with Crippen molar-refractivity contribution in [1.29, 1.82) is 0 Å². The van der Waals surface area contributed by atoms with Crippen molar-refractivity contribution >= 4 is 22.6 Å². The zero-order valence-corrected chi connectivity index (χ0v) is 11.7. The zero-order chi connectivity index (χ0) is 16.3. The Morgan fingerprint density at radius 1 is 1.45 bits per heavy atom. The van der Waals surface area contributed by atoms with E-state index < -0.39 is 22.6 Å². The van der Waals surface area contributed by atoms with Crippen molar-refractivity contribution in [2.24, 2.45) is 0 Å². The van der Waals surface area contributed by atoms with Gasteiger partial charge in [-0.1, -0.05) is 6.92 Å². The largest absolute Gasteiger partial charge is 0.422 e. The third kappa shape index (κ3) is 3.29. The molecular weight excluding hydrogens is 292 g/mol. The van der Waals surface area contributed by atoms with E-state index in [1.165, 1.54) is 24.3 Å². The lowest BCUT2D eigenvalue weighted by molar-refractivity contribution is -0.384. The molecule has 2 N–H and O–H groups in total. The molecule has 2 aromatic rings. The second kappa shape index (κ2) is 6.35. The summed E-state index contributed by atoms with van der Waals surface area (Å²) in [5, 5.41) is 22.8. The number of fused-ring (bicyclic) bond motifs is 1. The fourth-order valence-corrected chi connectivity index (χ4v) is 1.83. The molecule has 8 heteroatoms. The Hall–Kier alpha value is -2.74. The first-order valence-electron chi connectivity index (χ1n) is 6.61. The van der Waals surface area contributed by atoms with Crippen LogP contribution in [0.5, 0.6) is 0 Å². The van der Waals surface area contributed by atoms with Gasteiger partial charge in [0.15, 0.2) is 0 Å². The number of carbonyl (C=O) groups is 1. The fourth-order valence-electron chi connectivity index (χ4n) is 1.83. The first kappa shape index (κ1) is 15.6. The molecule has 1 amide bonds. The van der Waals surface area contributed by atoms with Crippen molar-refractivity contribution in [2.45, 2.75) is 19.4 Å². The Morgan fingerprint density at radius 3 is 2.82 bits per heavy atom. The summed E-state index contributed by atoms with van der Waals surface area (Å²) in [5.74, 6) is -0.699. The molecule has 0 aliphatic rings. The molecule has 0 unspecified atom stereocenters. The lowest BCUT2D eigenvalue weighted by Gasteiger charge is -2.09. The summed E-state index contributed by atoms with van der Waals surface area (Å²) in [6.07, 6.45) is -0.253. The number of carbonyl (C=O) groups excluding carboxylic acids is 1. The molecule has 2 rings (SSSR count). The molecular formula is C14H14N2O6. The molecule has 0 spiro atoms. The minimum Gasteiger partial charge on any atom is -0.422 e. The van der Waals surface area contributed by atoms with E-state index >= 15 is 0 Å². The highest BCUT2D eigenvalue weighted by Gasteiger charge is 2.16. The summed E-state index contributed by atoms with van der Waals surface area (Å²) < 4.78 is 4.98. The molecule has 0 aliphatic heterocycles. The first-order valence-corrected chi connectivity index (χ1v) is 6.61. The van der Waals surface area contributed by atoms with E-state index in [2.05, 4.69) is 5.32 Å². The summed E-state index contributed by atoms with van der Waals surface area (Å²) in [5.41, 5.74) is -1.13. The standard InChI is InChI=1S/C14H14N2O6/c1-2-10(17)7-15-13(18)11-6-8-5-9(16(20)21)3-4-12(8)22-14(11)19/h3-6,10,17H,2,7H2,1H3,(H,15,18)/t10-/m0/s1. The Kier molecular flexibility index (Phi) is 4.52. The number of nitro groups is 1. The number of benzene rings is 1. The Bertz CT molecular complexity index is 782. The minimum absolute atomic E-state index is 0.00173. The second-order valence-electron chi connectivity index (χ2n) is 4.70. The number of aliphatic hydroxyl groups is 1. The molecule has 1 aromatic carbocycles. The van der Waals surface area contributed by atoms with Gasteiger partial charge in [-0.3, -0.25) is 14.9 Å². The third-order valence-electron chi connectivity index (χ3n) is 3.14. The van der Waals surface area contributed by atoms with Gasteiger partial charge in [0, 0.05) is 24.1 Å². The molecule has 0 saturated heterocycles. The summed E-state index contributed by atoms with van der Waals surface area (Å²) >= 11 is 0. The molecule has 0 radical (unpaired) electrons. The van der Waals surface area contributed by atoms with Crippen LogP contribution in [0.3, 0.4) is 0 Å². The zero-order valence-electron chi connectivity index (χ0n) is 11.7. The molecule has 8 nitrogen and oxygen atoms in total. The quantitative estimate of drug-likeness (QED) is 0.486. The highest BCUT2D eigenvalue weighted by atomic mass is 16.6. The Balaban J connectivity index is 2.37. The van der Waals surface area contributed by atoms with Gasteiger partial charge < -0.3 is 14.8 Å².